The Balaban J connectivity index is 0.891. The Morgan fingerprint density at radius 2 is 1.43 bits per heavy atom. The topological polar surface area (TPSA) is 106 Å². The van der Waals surface area contributed by atoms with E-state index in [1.807, 2.05) is 6.07 Å². The minimum atomic E-state index is -0.946. The molecule has 5 aliphatic rings. The fourth-order valence-corrected chi connectivity index (χ4v) is 7.70. The van der Waals surface area contributed by atoms with Gasteiger partial charge in [-0.2, -0.15) is 0 Å². The van der Waals surface area contributed by atoms with Crippen LogP contribution in [0.5, 0.6) is 0 Å². The number of anilines is 2. The molecular formula is C37H44N6O4. The number of benzene rings is 2. The Morgan fingerprint density at radius 1 is 0.745 bits per heavy atom. The van der Waals surface area contributed by atoms with Crippen molar-refractivity contribution >= 4 is 46.3 Å². The van der Waals surface area contributed by atoms with Crippen LogP contribution in [0.2, 0.25) is 0 Å². The summed E-state index contributed by atoms with van der Waals surface area (Å²) in [7, 11) is 0. The Hall–Kier alpha value is -4.31. The highest BCUT2D eigenvalue weighted by molar-refractivity contribution is 6.23. The third kappa shape index (κ3) is 6.61. The molecule has 1 N–H and O–H groups in total. The summed E-state index contributed by atoms with van der Waals surface area (Å²) in [6.45, 7) is 8.99. The number of nitrogens with one attached hydrogen (secondary N) is 1. The first kappa shape index (κ1) is 31.3. The summed E-state index contributed by atoms with van der Waals surface area (Å²) in [5.74, 6) is -1.21. The van der Waals surface area contributed by atoms with Crippen LogP contribution in [0.1, 0.15) is 84.6 Å². The number of nitrogens with zero attached hydrogens (tertiary/aromatic N) is 5. The molecule has 0 aromatic heterocycles. The molecule has 2 aromatic carbocycles. The van der Waals surface area contributed by atoms with Gasteiger partial charge in [0.05, 0.1) is 11.1 Å². The number of allylic oxidation sites excluding steroid dienone is 1. The number of hydrogen-bond acceptors (Lipinski definition) is 8. The summed E-state index contributed by atoms with van der Waals surface area (Å²) in [5, 5.41) is 2.25. The van der Waals surface area contributed by atoms with Crippen LogP contribution >= 0.6 is 0 Å². The molecule has 1 atom stereocenters. The maximum atomic E-state index is 13.3. The molecule has 0 spiro atoms. The number of fused-ring (bicyclic) bond motifs is 1. The predicted molar refractivity (Wildman–Crippen MR) is 183 cm³/mol. The molecule has 0 radical (unpaired) electrons. The molecule has 4 amide bonds. The van der Waals surface area contributed by atoms with Gasteiger partial charge < -0.3 is 9.80 Å². The molecule has 2 aromatic rings. The van der Waals surface area contributed by atoms with E-state index in [1.165, 1.54) is 48.2 Å². The number of piperazine rings is 1. The number of piperidine rings is 2. The van der Waals surface area contributed by atoms with E-state index >= 15 is 0 Å². The summed E-state index contributed by atoms with van der Waals surface area (Å²) in [5.41, 5.74) is 6.73. The van der Waals surface area contributed by atoms with Crippen LogP contribution in [0, 0.1) is 5.92 Å². The zero-order valence-electron chi connectivity index (χ0n) is 27.2. The smallest absolute Gasteiger partial charge is 0.262 e. The average molecular weight is 637 g/mol. The fourth-order valence-electron chi connectivity index (χ4n) is 7.70. The lowest BCUT2D eigenvalue weighted by Gasteiger charge is -2.40. The number of aliphatic imine (C=N–C) groups is 1. The van der Waals surface area contributed by atoms with Crippen molar-refractivity contribution in [2.24, 2.45) is 10.9 Å². The number of carbonyl (C=O) groups is 4. The molecule has 47 heavy (non-hydrogen) atoms. The van der Waals surface area contributed by atoms with Crippen molar-refractivity contribution in [1.82, 2.24) is 15.1 Å². The summed E-state index contributed by atoms with van der Waals surface area (Å²) < 4.78 is 0. The van der Waals surface area contributed by atoms with E-state index < -0.39 is 23.8 Å². The highest BCUT2D eigenvalue weighted by Gasteiger charge is 2.44. The fraction of sp³-hybridized carbons (Fsp3) is 0.486. The van der Waals surface area contributed by atoms with Gasteiger partial charge in [0.1, 0.15) is 6.04 Å². The monoisotopic (exact) mass is 636 g/mol. The first-order chi connectivity index (χ1) is 22.8. The lowest BCUT2D eigenvalue weighted by Crippen LogP contribution is -2.54. The highest BCUT2D eigenvalue weighted by Crippen LogP contribution is 2.32. The number of carbonyl (C=O) groups excluding carboxylic acids is 4. The van der Waals surface area contributed by atoms with Gasteiger partial charge in [-0.25, -0.2) is 0 Å². The number of imide groups is 2. The molecule has 0 bridgehead atoms. The quantitative estimate of drug-likeness (QED) is 0.466. The van der Waals surface area contributed by atoms with E-state index in [1.54, 1.807) is 12.1 Å². The van der Waals surface area contributed by atoms with Gasteiger partial charge in [-0.15, -0.1) is 0 Å². The molecule has 0 saturated carbocycles. The molecular weight excluding hydrogens is 592 g/mol. The third-order valence-corrected chi connectivity index (χ3v) is 10.6. The maximum Gasteiger partial charge on any atom is 0.262 e. The minimum Gasteiger partial charge on any atom is -0.372 e. The van der Waals surface area contributed by atoms with Crippen molar-refractivity contribution in [2.45, 2.75) is 64.3 Å². The second-order valence-electron chi connectivity index (χ2n) is 13.7. The van der Waals surface area contributed by atoms with Gasteiger partial charge in [0.2, 0.25) is 11.8 Å². The molecule has 3 saturated heterocycles. The summed E-state index contributed by atoms with van der Waals surface area (Å²) in [6.07, 6.45) is 9.34. The van der Waals surface area contributed by atoms with Crippen LogP contribution in [-0.2, 0) is 9.59 Å². The first-order valence-corrected chi connectivity index (χ1v) is 17.2. The predicted octanol–water partition coefficient (Wildman–Crippen LogP) is 4.50. The number of rotatable bonds is 6. The first-order valence-electron chi connectivity index (χ1n) is 17.2. The normalized spacial score (nSPS) is 24.4. The van der Waals surface area contributed by atoms with Crippen molar-refractivity contribution in [3.05, 3.63) is 65.4 Å². The standard InChI is InChI=1S/C37H44N6O4/c1-25-4-2-3-5-28(23-38-25)27-6-8-29(9-7-27)41-16-14-26(15-17-41)24-40-18-20-42(21-19-40)30-10-11-31-32(22-30)37(47)43(36(31)46)33-12-13-34(44)39-35(33)45/h6-11,22-23,26,33H,2-5,12-21,24H2,1H3,(H,39,44,45)/b28-23+,38-25?. The van der Waals surface area contributed by atoms with E-state index in [4.69, 9.17) is 0 Å². The lowest BCUT2D eigenvalue weighted by atomic mass is 9.95. The second kappa shape index (κ2) is 13.4. The second-order valence-corrected chi connectivity index (χ2v) is 13.7. The van der Waals surface area contributed by atoms with Gasteiger partial charge >= 0.3 is 0 Å². The largest absolute Gasteiger partial charge is 0.372 e. The van der Waals surface area contributed by atoms with Crippen LogP contribution in [0.3, 0.4) is 0 Å². The van der Waals surface area contributed by atoms with Gasteiger partial charge in [-0.3, -0.25) is 39.3 Å². The number of amides is 4. The van der Waals surface area contributed by atoms with E-state index in [-0.39, 0.29) is 18.7 Å². The Bertz CT molecular complexity index is 1620. The summed E-state index contributed by atoms with van der Waals surface area (Å²) in [4.78, 5) is 63.4. The molecule has 10 heteroatoms. The molecule has 5 aliphatic heterocycles. The molecule has 1 unspecified atom stereocenters. The van der Waals surface area contributed by atoms with Crippen LogP contribution in [0.4, 0.5) is 11.4 Å². The zero-order chi connectivity index (χ0) is 32.5. The maximum absolute atomic E-state index is 13.3. The minimum absolute atomic E-state index is 0.112. The van der Waals surface area contributed by atoms with Crippen molar-refractivity contribution in [3.63, 3.8) is 0 Å². The van der Waals surface area contributed by atoms with Crippen molar-refractivity contribution < 1.29 is 19.2 Å². The Labute approximate surface area is 276 Å². The molecule has 3 fully saturated rings. The van der Waals surface area contributed by atoms with Gasteiger partial charge in [-0.1, -0.05) is 12.1 Å². The van der Waals surface area contributed by atoms with Crippen molar-refractivity contribution in [1.29, 1.82) is 0 Å². The van der Waals surface area contributed by atoms with Crippen molar-refractivity contribution in [3.8, 4) is 0 Å². The third-order valence-electron chi connectivity index (χ3n) is 10.6. The Morgan fingerprint density at radius 3 is 2.17 bits per heavy atom. The molecule has 5 heterocycles. The van der Waals surface area contributed by atoms with Gasteiger partial charge in [0.15, 0.2) is 0 Å². The van der Waals surface area contributed by atoms with E-state index in [2.05, 4.69) is 62.4 Å². The average Bonchev–Trinajstić information content (AvgIpc) is 3.32. The summed E-state index contributed by atoms with van der Waals surface area (Å²) in [6, 6.07) is 13.5. The highest BCUT2D eigenvalue weighted by atomic mass is 16.2. The zero-order valence-corrected chi connectivity index (χ0v) is 27.2. The molecule has 0 aliphatic carbocycles. The van der Waals surface area contributed by atoms with Crippen LogP contribution in [0.25, 0.3) is 5.57 Å². The molecule has 246 valence electrons. The Kier molecular flexibility index (Phi) is 8.94. The lowest BCUT2D eigenvalue weighted by molar-refractivity contribution is -0.136. The van der Waals surface area contributed by atoms with E-state index in [9.17, 15) is 19.2 Å². The van der Waals surface area contributed by atoms with Crippen molar-refractivity contribution in [2.75, 3.05) is 55.6 Å². The van der Waals surface area contributed by atoms with Gasteiger partial charge in [0, 0.05) is 75.5 Å². The van der Waals surface area contributed by atoms with Crippen LogP contribution in [0.15, 0.2) is 53.7 Å². The molecule has 7 rings (SSSR count). The van der Waals surface area contributed by atoms with Gasteiger partial charge in [0.25, 0.3) is 11.8 Å². The molecule has 10 nitrogen and oxygen atoms in total. The number of hydrogen-bond donors (Lipinski definition) is 1. The SMILES string of the molecule is CC1=N/C=C(/c2ccc(N3CCC(CN4CCN(c5ccc6c(c5)C(=O)N(C5CCC(=O)NC5=O)C6=O)CC4)CC3)cc2)CCCC1. The van der Waals surface area contributed by atoms with Crippen LogP contribution in [-0.4, -0.2) is 91.0 Å². The van der Waals surface area contributed by atoms with Crippen LogP contribution < -0.4 is 15.1 Å². The van der Waals surface area contributed by atoms with E-state index in [0.717, 1.165) is 69.2 Å². The summed E-state index contributed by atoms with van der Waals surface area (Å²) >= 11 is 0. The van der Waals surface area contributed by atoms with E-state index in [0.29, 0.717) is 17.0 Å². The van der Waals surface area contributed by atoms with Gasteiger partial charge in [-0.05, 0) is 99.3 Å².